The van der Waals surface area contributed by atoms with Crippen molar-refractivity contribution in [1.29, 1.82) is 0 Å². The van der Waals surface area contributed by atoms with Gasteiger partial charge in [-0.25, -0.2) is 4.79 Å². The van der Waals surface area contributed by atoms with E-state index >= 15 is 0 Å². The van der Waals surface area contributed by atoms with E-state index in [0.717, 1.165) is 77.2 Å². The van der Waals surface area contributed by atoms with Gasteiger partial charge in [-0.1, -0.05) is 110 Å². The highest BCUT2D eigenvalue weighted by Gasteiger charge is 2.48. The molecule has 8 rings (SSSR count). The molecule has 2 aliphatic rings. The molecule has 0 bridgehead atoms. The van der Waals surface area contributed by atoms with Crippen LogP contribution in [0.5, 0.6) is 0 Å². The number of rotatable bonds is 6. The third-order valence-corrected chi connectivity index (χ3v) is 10.6. The number of ether oxygens (including phenoxy) is 2. The zero-order chi connectivity index (χ0) is 37.3. The minimum Gasteiger partial charge on any atom is -0.444 e. The topological polar surface area (TPSA) is 52.6 Å². The van der Waals surface area contributed by atoms with E-state index in [9.17, 15) is 9.59 Å². The Kier molecular flexibility index (Phi) is 7.92. The predicted molar refractivity (Wildman–Crippen MR) is 215 cm³/mol. The quantitative estimate of drug-likeness (QED) is 0.0989. The molecule has 0 radical (unpaired) electrons. The van der Waals surface area contributed by atoms with E-state index < -0.39 is 22.6 Å². The number of hydrogen-bond donors (Lipinski definition) is 0. The van der Waals surface area contributed by atoms with Crippen molar-refractivity contribution in [2.75, 3.05) is 0 Å². The van der Waals surface area contributed by atoms with Crippen LogP contribution in [-0.4, -0.2) is 11.9 Å². The molecule has 0 N–H and O–H groups in total. The largest absolute Gasteiger partial charge is 0.444 e. The minimum atomic E-state index is -1.14. The van der Waals surface area contributed by atoms with Gasteiger partial charge in [-0.05, 0) is 127 Å². The van der Waals surface area contributed by atoms with E-state index in [-0.39, 0.29) is 5.97 Å². The first-order valence-electron chi connectivity index (χ1n) is 18.2. The summed E-state index contributed by atoms with van der Waals surface area (Å²) in [6.07, 6.45) is 7.93. The van der Waals surface area contributed by atoms with Crippen molar-refractivity contribution in [2.24, 2.45) is 5.41 Å². The molecule has 262 valence electrons. The Labute approximate surface area is 311 Å². The van der Waals surface area contributed by atoms with Gasteiger partial charge in [0, 0.05) is 27.8 Å². The third-order valence-electron chi connectivity index (χ3n) is 10.6. The zero-order valence-electron chi connectivity index (χ0n) is 31.0. The normalized spacial score (nSPS) is 18.6. The van der Waals surface area contributed by atoms with Gasteiger partial charge < -0.3 is 9.47 Å². The molecular weight excluding hydrogens is 653 g/mol. The van der Waals surface area contributed by atoms with E-state index in [2.05, 4.69) is 85.4 Å². The van der Waals surface area contributed by atoms with Gasteiger partial charge in [0.1, 0.15) is 0 Å². The fraction of sp³-hybridized carbons (Fsp3) is 0.184. The molecule has 6 aromatic carbocycles. The van der Waals surface area contributed by atoms with Gasteiger partial charge in [0.15, 0.2) is 11.2 Å². The summed E-state index contributed by atoms with van der Waals surface area (Å²) in [4.78, 5) is 27.2. The average Bonchev–Trinajstić information content (AvgIpc) is 3.56. The lowest BCUT2D eigenvalue weighted by molar-refractivity contribution is -0.162. The first kappa shape index (κ1) is 34.1. The molecule has 2 aliphatic carbocycles. The highest BCUT2D eigenvalue weighted by molar-refractivity contribution is 6.05. The summed E-state index contributed by atoms with van der Waals surface area (Å²) in [5, 5.41) is 4.21. The Hall–Kier alpha value is -6.00. The molecule has 0 aromatic heterocycles. The highest BCUT2D eigenvalue weighted by Crippen LogP contribution is 2.56. The van der Waals surface area contributed by atoms with E-state index in [0.29, 0.717) is 5.57 Å². The van der Waals surface area contributed by atoms with Crippen molar-refractivity contribution in [2.45, 2.75) is 52.7 Å². The van der Waals surface area contributed by atoms with Crippen LogP contribution in [0, 0.1) is 5.41 Å². The molecular formula is C49H42O4. The van der Waals surface area contributed by atoms with Crippen LogP contribution in [-0.2, 0) is 30.3 Å². The average molecular weight is 695 g/mol. The summed E-state index contributed by atoms with van der Waals surface area (Å²) in [7, 11) is 0. The molecule has 53 heavy (non-hydrogen) atoms. The molecule has 0 aliphatic heterocycles. The van der Waals surface area contributed by atoms with Crippen LogP contribution in [0.1, 0.15) is 63.8 Å². The van der Waals surface area contributed by atoms with Crippen LogP contribution in [0.15, 0.2) is 146 Å². The maximum atomic E-state index is 13.8. The molecule has 0 saturated carbocycles. The van der Waals surface area contributed by atoms with Gasteiger partial charge in [-0.3, -0.25) is 4.79 Å². The standard InChI is InChI=1S/C49H42O4/c1-8-25-48(53-46(51)47(5,6)7)42-29-33(21-22-37(42)40-27-31-15-10-11-16-32(31)28-43(40)48)34-18-14-19-38-35(34)23-24-39-36-17-12-13-20-41(36)49(26-9-2,44(38)39)52-45(50)30(3)4/h8-29H,3H2,1-2,4-7H3/b25-8+,26-9+. The Morgan fingerprint density at radius 2 is 1.23 bits per heavy atom. The molecule has 0 spiro atoms. The van der Waals surface area contributed by atoms with Crippen molar-refractivity contribution in [3.05, 3.63) is 168 Å². The number of fused-ring (bicyclic) bond motifs is 9. The lowest BCUT2D eigenvalue weighted by atomic mass is 9.84. The molecule has 0 heterocycles. The fourth-order valence-electron chi connectivity index (χ4n) is 8.22. The number of esters is 2. The lowest BCUT2D eigenvalue weighted by Crippen LogP contribution is -2.35. The summed E-state index contributed by atoms with van der Waals surface area (Å²) >= 11 is 0. The molecule has 4 heteroatoms. The van der Waals surface area contributed by atoms with Crippen molar-refractivity contribution in [3.8, 4) is 33.4 Å². The molecule has 2 atom stereocenters. The lowest BCUT2D eigenvalue weighted by Gasteiger charge is -2.32. The second-order valence-corrected chi connectivity index (χ2v) is 15.2. The molecule has 0 saturated heterocycles. The maximum absolute atomic E-state index is 13.8. The van der Waals surface area contributed by atoms with E-state index in [1.807, 2.05) is 89.3 Å². The number of allylic oxidation sites excluding steroid dienone is 2. The van der Waals surface area contributed by atoms with Crippen LogP contribution >= 0.6 is 0 Å². The monoisotopic (exact) mass is 694 g/mol. The Bertz CT molecular complexity index is 2600. The SMILES string of the molecule is C=C(C)C(=O)OC1(/C=C/C)c2ccccc2-c2ccc3c(-c4ccc5c(c4)C(/C=C/C)(OC(=O)C(C)(C)C)c4cc6ccccc6cc4-5)cccc3c21. The second-order valence-electron chi connectivity index (χ2n) is 15.2. The van der Waals surface area contributed by atoms with Gasteiger partial charge in [0.2, 0.25) is 0 Å². The van der Waals surface area contributed by atoms with Crippen molar-refractivity contribution < 1.29 is 19.1 Å². The van der Waals surface area contributed by atoms with E-state index in [1.165, 1.54) is 0 Å². The summed E-state index contributed by atoms with van der Waals surface area (Å²) in [6.45, 7) is 15.2. The predicted octanol–water partition coefficient (Wildman–Crippen LogP) is 12.0. The smallest absolute Gasteiger partial charge is 0.334 e. The molecule has 6 aromatic rings. The second kappa shape index (κ2) is 12.3. The molecule has 4 nitrogen and oxygen atoms in total. The molecule has 0 fully saturated rings. The van der Waals surface area contributed by atoms with Crippen molar-refractivity contribution in [1.82, 2.24) is 0 Å². The molecule has 2 unspecified atom stereocenters. The number of benzene rings is 6. The Morgan fingerprint density at radius 3 is 1.94 bits per heavy atom. The van der Waals surface area contributed by atoms with Gasteiger partial charge >= 0.3 is 11.9 Å². The number of hydrogen-bond acceptors (Lipinski definition) is 4. The first-order valence-corrected chi connectivity index (χ1v) is 18.2. The Balaban J connectivity index is 1.38. The summed E-state index contributed by atoms with van der Waals surface area (Å²) in [6, 6.07) is 37.9. The Morgan fingerprint density at radius 1 is 0.604 bits per heavy atom. The van der Waals surface area contributed by atoms with Gasteiger partial charge in [0.25, 0.3) is 0 Å². The van der Waals surface area contributed by atoms with Gasteiger partial charge in [0.05, 0.1) is 5.41 Å². The van der Waals surface area contributed by atoms with Crippen LogP contribution in [0.25, 0.3) is 54.9 Å². The fourth-order valence-corrected chi connectivity index (χ4v) is 8.22. The van der Waals surface area contributed by atoms with Crippen molar-refractivity contribution in [3.63, 3.8) is 0 Å². The third kappa shape index (κ3) is 5.11. The number of carbonyl (C=O) groups is 2. The van der Waals surface area contributed by atoms with E-state index in [4.69, 9.17) is 9.47 Å². The van der Waals surface area contributed by atoms with Gasteiger partial charge in [-0.2, -0.15) is 0 Å². The summed E-state index contributed by atoms with van der Waals surface area (Å²) in [5.74, 6) is -0.729. The minimum absolute atomic E-state index is 0.280. The zero-order valence-corrected chi connectivity index (χ0v) is 31.0. The van der Waals surface area contributed by atoms with Crippen LogP contribution in [0.3, 0.4) is 0 Å². The van der Waals surface area contributed by atoms with E-state index in [1.54, 1.807) is 6.92 Å². The molecule has 0 amide bonds. The van der Waals surface area contributed by atoms with Crippen molar-refractivity contribution >= 4 is 33.5 Å². The maximum Gasteiger partial charge on any atom is 0.334 e. The highest BCUT2D eigenvalue weighted by atomic mass is 16.6. The number of carbonyl (C=O) groups excluding carboxylic acids is 2. The summed E-state index contributed by atoms with van der Waals surface area (Å²) < 4.78 is 13.2. The van der Waals surface area contributed by atoms with Crippen LogP contribution in [0.4, 0.5) is 0 Å². The van der Waals surface area contributed by atoms with Crippen LogP contribution < -0.4 is 0 Å². The van der Waals surface area contributed by atoms with Gasteiger partial charge in [-0.15, -0.1) is 0 Å². The van der Waals surface area contributed by atoms with Crippen LogP contribution in [0.2, 0.25) is 0 Å². The summed E-state index contributed by atoms with van der Waals surface area (Å²) in [5.41, 5.74) is 7.19. The first-order chi connectivity index (χ1) is 25.4.